The summed E-state index contributed by atoms with van der Waals surface area (Å²) in [4.78, 5) is 16.1. The van der Waals surface area contributed by atoms with Crippen molar-refractivity contribution in [3.8, 4) is 0 Å². The molecule has 2 aromatic rings. The van der Waals surface area contributed by atoms with Gasteiger partial charge < -0.3 is 4.57 Å². The van der Waals surface area contributed by atoms with Crippen LogP contribution >= 0.6 is 0 Å². The summed E-state index contributed by atoms with van der Waals surface area (Å²) in [5.74, 6) is 0.243. The van der Waals surface area contributed by atoms with Crippen LogP contribution in [0.3, 0.4) is 0 Å². The van der Waals surface area contributed by atoms with Crippen molar-refractivity contribution in [2.75, 3.05) is 0 Å². The number of rotatable bonds is 6. The van der Waals surface area contributed by atoms with Crippen molar-refractivity contribution in [1.29, 1.82) is 0 Å². The van der Waals surface area contributed by atoms with Crippen LogP contribution in [0.5, 0.6) is 0 Å². The monoisotopic (exact) mass is 270 g/mol. The van der Waals surface area contributed by atoms with Crippen molar-refractivity contribution < 1.29 is 4.79 Å². The molecule has 0 aliphatic heterocycles. The summed E-state index contributed by atoms with van der Waals surface area (Å²) in [6.45, 7) is 6.05. The Morgan fingerprint density at radius 2 is 1.95 bits per heavy atom. The normalized spacial score (nSPS) is 12.6. The highest BCUT2D eigenvalue weighted by molar-refractivity contribution is 5.97. The molecular weight excluding hydrogens is 248 g/mol. The van der Waals surface area contributed by atoms with Crippen LogP contribution in [0.4, 0.5) is 0 Å². The number of aromatic nitrogens is 2. The van der Waals surface area contributed by atoms with Gasteiger partial charge in [-0.15, -0.1) is 0 Å². The van der Waals surface area contributed by atoms with E-state index in [0.29, 0.717) is 6.04 Å². The summed E-state index contributed by atoms with van der Waals surface area (Å²) >= 11 is 0. The van der Waals surface area contributed by atoms with E-state index in [9.17, 15) is 4.79 Å². The molecule has 0 amide bonds. The fraction of sp³-hybridized carbons (Fsp3) is 0.412. The standard InChI is InChI=1S/C17H22N2O/c1-4-5-16(19-11-10-18-12-19)14-6-8-15(9-7-14)17(20)13(2)3/h6-13,16H,4-5H2,1-3H3. The number of ketones is 1. The molecule has 0 bridgehead atoms. The van der Waals surface area contributed by atoms with Crippen LogP contribution in [-0.2, 0) is 0 Å². The number of nitrogens with zero attached hydrogens (tertiary/aromatic N) is 2. The molecule has 1 aromatic carbocycles. The van der Waals surface area contributed by atoms with Crippen molar-refractivity contribution in [2.45, 2.75) is 39.7 Å². The lowest BCUT2D eigenvalue weighted by molar-refractivity contribution is 0.0939. The molecule has 0 saturated carbocycles. The number of benzene rings is 1. The molecular formula is C17H22N2O. The average molecular weight is 270 g/mol. The third-order valence-corrected chi connectivity index (χ3v) is 3.55. The Balaban J connectivity index is 2.25. The lowest BCUT2D eigenvalue weighted by atomic mass is 9.96. The summed E-state index contributed by atoms with van der Waals surface area (Å²) < 4.78 is 2.13. The molecule has 1 unspecified atom stereocenters. The second-order valence-corrected chi connectivity index (χ2v) is 5.46. The third kappa shape index (κ3) is 3.16. The summed E-state index contributed by atoms with van der Waals surface area (Å²) in [5, 5.41) is 0. The zero-order chi connectivity index (χ0) is 14.5. The highest BCUT2D eigenvalue weighted by Crippen LogP contribution is 2.24. The number of hydrogen-bond acceptors (Lipinski definition) is 2. The average Bonchev–Trinajstić information content (AvgIpc) is 2.98. The van der Waals surface area contributed by atoms with Crippen molar-refractivity contribution in [1.82, 2.24) is 9.55 Å². The molecule has 3 heteroatoms. The van der Waals surface area contributed by atoms with Crippen LogP contribution < -0.4 is 0 Å². The summed E-state index contributed by atoms with van der Waals surface area (Å²) in [6, 6.07) is 8.31. The molecule has 1 heterocycles. The maximum atomic E-state index is 12.0. The Morgan fingerprint density at radius 3 is 2.45 bits per heavy atom. The lowest BCUT2D eigenvalue weighted by Crippen LogP contribution is -2.10. The van der Waals surface area contributed by atoms with Gasteiger partial charge in [0.25, 0.3) is 0 Å². The molecule has 0 spiro atoms. The van der Waals surface area contributed by atoms with Crippen LogP contribution in [0.15, 0.2) is 43.0 Å². The minimum atomic E-state index is 0.0425. The molecule has 20 heavy (non-hydrogen) atoms. The van der Waals surface area contributed by atoms with E-state index in [4.69, 9.17) is 0 Å². The first kappa shape index (κ1) is 14.5. The zero-order valence-corrected chi connectivity index (χ0v) is 12.4. The summed E-state index contributed by atoms with van der Waals surface area (Å²) in [7, 11) is 0. The molecule has 0 aliphatic rings. The maximum absolute atomic E-state index is 12.0. The number of hydrogen-bond donors (Lipinski definition) is 0. The smallest absolute Gasteiger partial charge is 0.165 e. The van der Waals surface area contributed by atoms with Gasteiger partial charge in [0, 0.05) is 23.9 Å². The van der Waals surface area contributed by atoms with Crippen molar-refractivity contribution in [3.05, 3.63) is 54.1 Å². The first-order chi connectivity index (χ1) is 9.63. The van der Waals surface area contributed by atoms with Gasteiger partial charge in [-0.1, -0.05) is 51.5 Å². The Kier molecular flexibility index (Phi) is 4.72. The summed E-state index contributed by atoms with van der Waals surface area (Å²) in [6.07, 6.45) is 7.82. The number of carbonyl (C=O) groups excluding carboxylic acids is 1. The Labute approximate surface area is 120 Å². The third-order valence-electron chi connectivity index (χ3n) is 3.55. The van der Waals surface area contributed by atoms with E-state index in [1.807, 2.05) is 38.5 Å². The van der Waals surface area contributed by atoms with E-state index in [1.165, 1.54) is 5.56 Å². The Bertz CT molecular complexity index is 541. The molecule has 3 nitrogen and oxygen atoms in total. The molecule has 1 aromatic heterocycles. The summed E-state index contributed by atoms with van der Waals surface area (Å²) in [5.41, 5.74) is 2.02. The molecule has 0 fully saturated rings. The Morgan fingerprint density at radius 1 is 1.25 bits per heavy atom. The largest absolute Gasteiger partial charge is 0.330 e. The van der Waals surface area contributed by atoms with E-state index in [-0.39, 0.29) is 11.7 Å². The molecule has 0 saturated heterocycles. The number of Topliss-reactive ketones (excluding diaryl/α,β-unsaturated/α-hetero) is 1. The van der Waals surface area contributed by atoms with E-state index in [2.05, 4.69) is 28.6 Å². The van der Waals surface area contributed by atoms with Gasteiger partial charge in [-0.25, -0.2) is 4.98 Å². The number of carbonyl (C=O) groups is 1. The molecule has 106 valence electrons. The predicted octanol–water partition coefficient (Wildman–Crippen LogP) is 4.11. The second kappa shape index (κ2) is 6.51. The van der Waals surface area contributed by atoms with E-state index >= 15 is 0 Å². The van der Waals surface area contributed by atoms with Gasteiger partial charge in [0.05, 0.1) is 12.4 Å². The quantitative estimate of drug-likeness (QED) is 0.740. The molecule has 0 aliphatic carbocycles. The lowest BCUT2D eigenvalue weighted by Gasteiger charge is -2.18. The van der Waals surface area contributed by atoms with Crippen LogP contribution in [0.1, 0.15) is 55.6 Å². The predicted molar refractivity (Wildman–Crippen MR) is 80.9 cm³/mol. The van der Waals surface area contributed by atoms with Crippen molar-refractivity contribution in [3.63, 3.8) is 0 Å². The van der Waals surface area contributed by atoms with Crippen LogP contribution in [0, 0.1) is 5.92 Å². The number of imidazole rings is 1. The van der Waals surface area contributed by atoms with Gasteiger partial charge in [0.15, 0.2) is 5.78 Å². The molecule has 0 radical (unpaired) electrons. The minimum absolute atomic E-state index is 0.0425. The van der Waals surface area contributed by atoms with Gasteiger partial charge in [-0.2, -0.15) is 0 Å². The van der Waals surface area contributed by atoms with E-state index in [1.54, 1.807) is 6.20 Å². The highest BCUT2D eigenvalue weighted by Gasteiger charge is 2.14. The topological polar surface area (TPSA) is 34.9 Å². The van der Waals surface area contributed by atoms with Crippen LogP contribution in [0.25, 0.3) is 0 Å². The fourth-order valence-corrected chi connectivity index (χ4v) is 2.42. The zero-order valence-electron chi connectivity index (χ0n) is 12.4. The van der Waals surface area contributed by atoms with Crippen molar-refractivity contribution in [2.24, 2.45) is 5.92 Å². The molecule has 0 N–H and O–H groups in total. The van der Waals surface area contributed by atoms with E-state index in [0.717, 1.165) is 18.4 Å². The van der Waals surface area contributed by atoms with Gasteiger partial charge in [0.2, 0.25) is 0 Å². The van der Waals surface area contributed by atoms with Crippen LogP contribution in [-0.4, -0.2) is 15.3 Å². The first-order valence-corrected chi connectivity index (χ1v) is 7.25. The van der Waals surface area contributed by atoms with Gasteiger partial charge in [0.1, 0.15) is 0 Å². The SMILES string of the molecule is CCCC(c1ccc(C(=O)C(C)C)cc1)n1ccnc1. The molecule has 2 rings (SSSR count). The van der Waals surface area contributed by atoms with Crippen LogP contribution in [0.2, 0.25) is 0 Å². The fourth-order valence-electron chi connectivity index (χ4n) is 2.42. The minimum Gasteiger partial charge on any atom is -0.330 e. The van der Waals surface area contributed by atoms with Gasteiger partial charge in [-0.3, -0.25) is 4.79 Å². The van der Waals surface area contributed by atoms with E-state index < -0.39 is 0 Å². The highest BCUT2D eigenvalue weighted by atomic mass is 16.1. The Hall–Kier alpha value is -1.90. The first-order valence-electron chi connectivity index (χ1n) is 7.25. The van der Waals surface area contributed by atoms with Crippen molar-refractivity contribution >= 4 is 5.78 Å². The molecule has 1 atom stereocenters. The maximum Gasteiger partial charge on any atom is 0.165 e. The van der Waals surface area contributed by atoms with Gasteiger partial charge in [-0.05, 0) is 12.0 Å². The second-order valence-electron chi connectivity index (χ2n) is 5.46. The van der Waals surface area contributed by atoms with Gasteiger partial charge >= 0.3 is 0 Å².